The number of likely N-dealkylation sites (tertiary alicyclic amines) is 2. The van der Waals surface area contributed by atoms with Gasteiger partial charge < -0.3 is 55.4 Å². The number of benzene rings is 3. The molecule has 7 N–H and O–H groups in total. The number of fused-ring (bicyclic) bond motifs is 2. The highest BCUT2D eigenvalue weighted by Crippen LogP contribution is 2.34. The van der Waals surface area contributed by atoms with Crippen molar-refractivity contribution in [2.24, 2.45) is 0 Å². The molecule has 0 unspecified atom stereocenters. The van der Waals surface area contributed by atoms with Crippen LogP contribution in [0.4, 0.5) is 15.3 Å². The van der Waals surface area contributed by atoms with E-state index in [2.05, 4.69) is 54.5 Å². The van der Waals surface area contributed by atoms with E-state index in [1.54, 1.807) is 9.80 Å². The second-order valence-corrected chi connectivity index (χ2v) is 15.0. The maximum Gasteiger partial charge on any atom is 0.407 e. The lowest BCUT2D eigenvalue weighted by Gasteiger charge is -2.29. The average molecular weight is 796 g/mol. The van der Waals surface area contributed by atoms with E-state index < -0.39 is 48.3 Å². The van der Waals surface area contributed by atoms with Crippen LogP contribution in [0.3, 0.4) is 0 Å². The first-order chi connectivity index (χ1) is 27.9. The Bertz CT molecular complexity index is 2280. The van der Waals surface area contributed by atoms with Gasteiger partial charge >= 0.3 is 12.2 Å². The van der Waals surface area contributed by atoms with Crippen LogP contribution in [-0.4, -0.2) is 114 Å². The molecule has 2 aliphatic rings. The Morgan fingerprint density at radius 3 is 1.71 bits per heavy atom. The Hall–Kier alpha value is -6.20. The minimum atomic E-state index is -1.38. The predicted molar refractivity (Wildman–Crippen MR) is 214 cm³/mol. The monoisotopic (exact) mass is 795 g/mol. The SMILES string of the molecule is COC(=O)N[C@H](C(=O)N1CCC[C@H]1c1nc2ccc(CN(Cc3ccc4nc([C@@H]5CCCN5C(=O)[C@@H](NC(=O)O)[C@@H](C)O)[nH]c4c3)c3ccccc3)cc2[nH]1)[C@@H](C)O. The Kier molecular flexibility index (Phi) is 11.8. The number of imidazole rings is 2. The van der Waals surface area contributed by atoms with E-state index in [4.69, 9.17) is 9.97 Å². The highest BCUT2D eigenvalue weighted by molar-refractivity contribution is 5.88. The summed E-state index contributed by atoms with van der Waals surface area (Å²) in [7, 11) is 1.20. The van der Waals surface area contributed by atoms with E-state index in [0.29, 0.717) is 50.7 Å². The zero-order chi connectivity index (χ0) is 41.1. The molecule has 2 aromatic heterocycles. The molecule has 0 bridgehead atoms. The Balaban J connectivity index is 1.09. The molecule has 5 aromatic rings. The molecule has 0 radical (unpaired) electrons. The normalized spacial score (nSPS) is 18.8. The molecule has 2 saturated heterocycles. The van der Waals surface area contributed by atoms with Gasteiger partial charge in [0.1, 0.15) is 23.7 Å². The number of amides is 4. The molecule has 58 heavy (non-hydrogen) atoms. The van der Waals surface area contributed by atoms with Gasteiger partial charge in [-0.05, 0) is 87.1 Å². The summed E-state index contributed by atoms with van der Waals surface area (Å²) in [4.78, 5) is 72.2. The van der Waals surface area contributed by atoms with Gasteiger partial charge in [-0.25, -0.2) is 19.6 Å². The summed E-state index contributed by atoms with van der Waals surface area (Å²) in [6.45, 7) is 4.86. The van der Waals surface area contributed by atoms with Crippen LogP contribution in [0.15, 0.2) is 66.7 Å². The fourth-order valence-electron chi connectivity index (χ4n) is 8.07. The number of nitrogens with one attached hydrogen (secondary N) is 4. The number of aromatic amines is 2. The lowest BCUT2D eigenvalue weighted by molar-refractivity contribution is -0.137. The number of carbonyl (C=O) groups excluding carboxylic acids is 3. The van der Waals surface area contributed by atoms with Crippen molar-refractivity contribution in [3.8, 4) is 0 Å². The standard InChI is InChI=1S/C41H49N9O8/c1-23(51)34(46-40(55)56)38(53)49-17-7-11-32(49)36-42-28-15-13-25(19-30(28)44-36)21-48(27-9-5-4-6-10-27)22-26-14-16-29-31(20-26)45-37(43-29)33-12-8-18-50(33)39(54)35(24(2)52)47-41(57)58-3/h4-6,9-10,13-16,19-20,23-24,32-35,46,51-52H,7-8,11-12,17-18,21-22H2,1-3H3,(H,42,44)(H,43,45)(H,47,57)(H,55,56)/t23-,24-,32+,33+,34+,35+/m1/s1. The third-order valence-corrected chi connectivity index (χ3v) is 10.9. The van der Waals surface area contributed by atoms with E-state index in [1.165, 1.54) is 21.0 Å². The van der Waals surface area contributed by atoms with Crippen LogP contribution in [-0.2, 0) is 27.4 Å². The van der Waals surface area contributed by atoms with Crippen molar-refractivity contribution in [2.45, 2.75) is 89.0 Å². The molecule has 4 amide bonds. The minimum Gasteiger partial charge on any atom is -0.465 e. The number of anilines is 1. The van der Waals surface area contributed by atoms with Crippen LogP contribution in [0.2, 0.25) is 0 Å². The zero-order valence-electron chi connectivity index (χ0n) is 32.6. The second kappa shape index (κ2) is 17.1. The largest absolute Gasteiger partial charge is 0.465 e. The number of para-hydroxylation sites is 1. The molecule has 0 spiro atoms. The number of aliphatic hydroxyl groups excluding tert-OH is 2. The summed E-state index contributed by atoms with van der Waals surface area (Å²) in [5, 5.41) is 34.4. The lowest BCUT2D eigenvalue weighted by atomic mass is 10.1. The van der Waals surface area contributed by atoms with Gasteiger partial charge in [0.15, 0.2) is 0 Å². The maximum atomic E-state index is 13.5. The fraction of sp³-hybridized carbons (Fsp3) is 0.415. The van der Waals surface area contributed by atoms with E-state index in [9.17, 15) is 34.5 Å². The number of methoxy groups -OCH3 is 1. The van der Waals surface area contributed by atoms with Crippen LogP contribution in [0.1, 0.15) is 74.4 Å². The topological polar surface area (TPSA) is 229 Å². The molecule has 17 nitrogen and oxygen atoms in total. The molecule has 2 aliphatic heterocycles. The van der Waals surface area contributed by atoms with Gasteiger partial charge in [-0.15, -0.1) is 0 Å². The Labute approximate surface area is 334 Å². The van der Waals surface area contributed by atoms with Crippen molar-refractivity contribution in [2.75, 3.05) is 25.1 Å². The first-order valence-electron chi connectivity index (χ1n) is 19.5. The second-order valence-electron chi connectivity index (χ2n) is 15.0. The van der Waals surface area contributed by atoms with Gasteiger partial charge in [0.05, 0.1) is 53.5 Å². The van der Waals surface area contributed by atoms with E-state index in [1.807, 2.05) is 42.5 Å². The summed E-state index contributed by atoms with van der Waals surface area (Å²) >= 11 is 0. The van der Waals surface area contributed by atoms with Crippen LogP contribution < -0.4 is 15.5 Å². The van der Waals surface area contributed by atoms with Gasteiger partial charge in [-0.3, -0.25) is 9.59 Å². The number of H-pyrrole nitrogens is 2. The molecular weight excluding hydrogens is 747 g/mol. The number of carbonyl (C=O) groups is 4. The van der Waals surface area contributed by atoms with E-state index >= 15 is 0 Å². The first kappa shape index (κ1) is 40.0. The lowest BCUT2D eigenvalue weighted by Crippen LogP contribution is -2.53. The minimum absolute atomic E-state index is 0.352. The molecule has 2 fully saturated rings. The van der Waals surface area contributed by atoms with Crippen LogP contribution in [0.25, 0.3) is 22.1 Å². The number of nitrogens with zero attached hydrogens (tertiary/aromatic N) is 5. The molecule has 3 aromatic carbocycles. The molecular formula is C41H49N9O8. The number of aliphatic hydroxyl groups is 2. The molecule has 7 rings (SSSR count). The molecule has 0 saturated carbocycles. The fourth-order valence-corrected chi connectivity index (χ4v) is 8.07. The smallest absolute Gasteiger partial charge is 0.407 e. The third-order valence-electron chi connectivity index (χ3n) is 10.9. The number of carboxylic acid groups (broad SMARTS) is 1. The van der Waals surface area contributed by atoms with Crippen molar-refractivity contribution in [1.82, 2.24) is 40.4 Å². The predicted octanol–water partition coefficient (Wildman–Crippen LogP) is 4.10. The summed E-state index contributed by atoms with van der Waals surface area (Å²) in [6.07, 6.45) is -1.72. The zero-order valence-corrected chi connectivity index (χ0v) is 32.6. The maximum absolute atomic E-state index is 13.5. The number of rotatable bonds is 13. The van der Waals surface area contributed by atoms with Crippen molar-refractivity contribution in [1.29, 1.82) is 0 Å². The van der Waals surface area contributed by atoms with Crippen molar-refractivity contribution in [3.63, 3.8) is 0 Å². The van der Waals surface area contributed by atoms with Gasteiger partial charge in [0.2, 0.25) is 11.8 Å². The number of ether oxygens (including phenoxy) is 1. The highest BCUT2D eigenvalue weighted by atomic mass is 16.5. The van der Waals surface area contributed by atoms with Gasteiger partial charge in [-0.1, -0.05) is 30.3 Å². The van der Waals surface area contributed by atoms with Crippen molar-refractivity contribution < 1.29 is 39.2 Å². The number of hydrogen-bond donors (Lipinski definition) is 7. The molecule has 0 aliphatic carbocycles. The van der Waals surface area contributed by atoms with Gasteiger partial charge in [-0.2, -0.15) is 0 Å². The molecule has 17 heteroatoms. The first-order valence-corrected chi connectivity index (χ1v) is 19.5. The summed E-state index contributed by atoms with van der Waals surface area (Å²) in [5.41, 5.74) is 6.21. The Morgan fingerprint density at radius 1 is 0.776 bits per heavy atom. The molecule has 4 heterocycles. The summed E-state index contributed by atoms with van der Waals surface area (Å²) in [6, 6.07) is 19.0. The quantitative estimate of drug-likeness (QED) is 0.0898. The number of alkyl carbamates (subject to hydrolysis) is 1. The molecule has 6 atom stereocenters. The number of aromatic nitrogens is 4. The van der Waals surface area contributed by atoms with E-state index in [0.717, 1.165) is 51.7 Å². The summed E-state index contributed by atoms with van der Waals surface area (Å²) < 4.78 is 4.67. The van der Waals surface area contributed by atoms with Crippen LogP contribution in [0, 0.1) is 0 Å². The highest BCUT2D eigenvalue weighted by Gasteiger charge is 2.39. The average Bonchev–Trinajstić information content (AvgIpc) is 4.03. The van der Waals surface area contributed by atoms with Crippen molar-refractivity contribution >= 4 is 51.8 Å². The van der Waals surface area contributed by atoms with Gasteiger partial charge in [0.25, 0.3) is 0 Å². The molecule has 306 valence electrons. The van der Waals surface area contributed by atoms with Crippen molar-refractivity contribution in [3.05, 3.63) is 89.5 Å². The summed E-state index contributed by atoms with van der Waals surface area (Å²) in [5.74, 6) is 0.350. The van der Waals surface area contributed by atoms with Crippen LogP contribution in [0.5, 0.6) is 0 Å². The number of hydrogen-bond acceptors (Lipinski definition) is 10. The van der Waals surface area contributed by atoms with E-state index in [-0.39, 0.29) is 12.1 Å². The third kappa shape index (κ3) is 8.55. The van der Waals surface area contributed by atoms with Gasteiger partial charge in [0, 0.05) is 31.9 Å². The Morgan fingerprint density at radius 2 is 1.26 bits per heavy atom. The van der Waals surface area contributed by atoms with Crippen LogP contribution >= 0.6 is 0 Å².